The summed E-state index contributed by atoms with van der Waals surface area (Å²) < 4.78 is 0.947. The first-order valence-corrected chi connectivity index (χ1v) is 7.11. The summed E-state index contributed by atoms with van der Waals surface area (Å²) in [5.74, 6) is -0.163. The summed E-state index contributed by atoms with van der Waals surface area (Å²) in [5.41, 5.74) is 0.697. The summed E-state index contributed by atoms with van der Waals surface area (Å²) in [5, 5.41) is 0. The Bertz CT molecular complexity index is 473. The van der Waals surface area contributed by atoms with Crippen molar-refractivity contribution < 1.29 is 9.59 Å². The van der Waals surface area contributed by atoms with Gasteiger partial charge in [-0.25, -0.2) is 0 Å². The van der Waals surface area contributed by atoms with E-state index in [9.17, 15) is 9.59 Å². The zero-order valence-electron chi connectivity index (χ0n) is 9.93. The van der Waals surface area contributed by atoms with E-state index in [0.29, 0.717) is 5.69 Å². The smallest absolute Gasteiger partial charge is 0.237 e. The van der Waals surface area contributed by atoms with Crippen LogP contribution in [-0.2, 0) is 9.59 Å². The number of carbonyl (C=O) groups excluding carboxylic acids is 2. The first kappa shape index (κ1) is 11.9. The first-order chi connectivity index (χ1) is 8.68. The maximum Gasteiger partial charge on any atom is 0.237 e. The molecule has 2 aliphatic rings. The number of imide groups is 1. The van der Waals surface area contributed by atoms with Crippen molar-refractivity contribution in [3.8, 4) is 0 Å². The molecule has 4 heteroatoms. The maximum absolute atomic E-state index is 12.3. The Hall–Kier alpha value is -1.16. The minimum Gasteiger partial charge on any atom is -0.274 e. The lowest BCUT2D eigenvalue weighted by molar-refractivity contribution is -0.122. The van der Waals surface area contributed by atoms with E-state index in [2.05, 4.69) is 15.9 Å². The largest absolute Gasteiger partial charge is 0.274 e. The van der Waals surface area contributed by atoms with Crippen LogP contribution >= 0.6 is 15.9 Å². The van der Waals surface area contributed by atoms with E-state index < -0.39 is 0 Å². The number of fused-ring (bicyclic) bond motifs is 1. The Labute approximate surface area is 114 Å². The van der Waals surface area contributed by atoms with Crippen molar-refractivity contribution in [2.24, 2.45) is 11.8 Å². The molecule has 0 N–H and O–H groups in total. The summed E-state index contributed by atoms with van der Waals surface area (Å²) in [6.07, 6.45) is 3.85. The molecule has 0 bridgehead atoms. The molecule has 0 aromatic heterocycles. The number of amides is 2. The van der Waals surface area contributed by atoms with Crippen molar-refractivity contribution in [3.05, 3.63) is 28.7 Å². The molecule has 0 unspecified atom stereocenters. The van der Waals surface area contributed by atoms with Gasteiger partial charge in [-0.1, -0.05) is 28.8 Å². The predicted molar refractivity (Wildman–Crippen MR) is 72.1 cm³/mol. The highest BCUT2D eigenvalue weighted by atomic mass is 79.9. The van der Waals surface area contributed by atoms with Gasteiger partial charge in [0.1, 0.15) is 0 Å². The van der Waals surface area contributed by atoms with Gasteiger partial charge in [0.2, 0.25) is 11.8 Å². The zero-order valence-corrected chi connectivity index (χ0v) is 11.5. The van der Waals surface area contributed by atoms with Crippen LogP contribution in [0.1, 0.15) is 25.7 Å². The molecule has 3 rings (SSSR count). The van der Waals surface area contributed by atoms with Gasteiger partial charge in [-0.05, 0) is 37.1 Å². The monoisotopic (exact) mass is 307 g/mol. The van der Waals surface area contributed by atoms with E-state index in [4.69, 9.17) is 0 Å². The molecule has 2 fully saturated rings. The normalized spacial score (nSPS) is 27.5. The van der Waals surface area contributed by atoms with Crippen molar-refractivity contribution in [1.29, 1.82) is 0 Å². The number of halogens is 1. The number of carbonyl (C=O) groups is 2. The van der Waals surface area contributed by atoms with Crippen LogP contribution in [0.25, 0.3) is 0 Å². The molecule has 18 heavy (non-hydrogen) atoms. The van der Waals surface area contributed by atoms with Crippen LogP contribution in [0.4, 0.5) is 5.69 Å². The molecule has 1 saturated heterocycles. The second kappa shape index (κ2) is 4.50. The van der Waals surface area contributed by atoms with Crippen molar-refractivity contribution in [2.75, 3.05) is 4.90 Å². The van der Waals surface area contributed by atoms with Crippen LogP contribution in [-0.4, -0.2) is 11.8 Å². The van der Waals surface area contributed by atoms with Gasteiger partial charge in [-0.2, -0.15) is 0 Å². The minimum absolute atomic E-state index is 0.00739. The fraction of sp³-hybridized carbons (Fsp3) is 0.429. The highest BCUT2D eigenvalue weighted by Crippen LogP contribution is 2.40. The Morgan fingerprint density at radius 3 is 1.94 bits per heavy atom. The number of hydrogen-bond acceptors (Lipinski definition) is 2. The van der Waals surface area contributed by atoms with Crippen molar-refractivity contribution in [1.82, 2.24) is 0 Å². The molecule has 1 saturated carbocycles. The fourth-order valence-corrected chi connectivity index (χ4v) is 3.27. The van der Waals surface area contributed by atoms with Crippen LogP contribution in [0, 0.1) is 11.8 Å². The van der Waals surface area contributed by atoms with E-state index in [1.54, 1.807) is 0 Å². The number of rotatable bonds is 1. The van der Waals surface area contributed by atoms with E-state index in [1.807, 2.05) is 24.3 Å². The lowest BCUT2D eigenvalue weighted by atomic mass is 9.81. The Morgan fingerprint density at radius 1 is 0.944 bits per heavy atom. The van der Waals surface area contributed by atoms with Crippen molar-refractivity contribution in [3.63, 3.8) is 0 Å². The molecule has 2 atom stereocenters. The molecule has 1 heterocycles. The van der Waals surface area contributed by atoms with Gasteiger partial charge in [0.05, 0.1) is 17.5 Å². The van der Waals surface area contributed by atoms with Crippen molar-refractivity contribution >= 4 is 33.4 Å². The third-order valence-electron chi connectivity index (χ3n) is 3.93. The second-order valence-electron chi connectivity index (χ2n) is 4.99. The molecule has 1 aromatic carbocycles. The third kappa shape index (κ3) is 1.79. The van der Waals surface area contributed by atoms with Gasteiger partial charge >= 0.3 is 0 Å². The van der Waals surface area contributed by atoms with E-state index >= 15 is 0 Å². The van der Waals surface area contributed by atoms with Gasteiger partial charge in [0.25, 0.3) is 0 Å². The second-order valence-corrected chi connectivity index (χ2v) is 5.90. The topological polar surface area (TPSA) is 37.4 Å². The quantitative estimate of drug-likeness (QED) is 0.748. The summed E-state index contributed by atoms with van der Waals surface area (Å²) in [4.78, 5) is 26.0. The lowest BCUT2D eigenvalue weighted by Gasteiger charge is -2.19. The number of nitrogens with zero attached hydrogens (tertiary/aromatic N) is 1. The lowest BCUT2D eigenvalue weighted by Crippen LogP contribution is -2.30. The molecule has 0 radical (unpaired) electrons. The van der Waals surface area contributed by atoms with Gasteiger partial charge < -0.3 is 0 Å². The summed E-state index contributed by atoms with van der Waals surface area (Å²) in [6.45, 7) is 0. The SMILES string of the molecule is O=C1[C@H]2CCCC[C@@H]2C(=O)N1c1ccc(Br)cc1. The summed E-state index contributed by atoms with van der Waals surface area (Å²) in [6, 6.07) is 7.35. The Balaban J connectivity index is 1.95. The van der Waals surface area contributed by atoms with Crippen LogP contribution in [0.5, 0.6) is 0 Å². The van der Waals surface area contributed by atoms with E-state index in [-0.39, 0.29) is 23.7 Å². The molecule has 1 aromatic rings. The standard InChI is InChI=1S/C14H14BrNO2/c15-9-5-7-10(8-6-9)16-13(17)11-3-1-2-4-12(11)14(16)18/h5-8,11-12H,1-4H2/t11-,12-/m0/s1. The van der Waals surface area contributed by atoms with Crippen LogP contribution in [0.15, 0.2) is 28.7 Å². The molecule has 94 valence electrons. The molecular weight excluding hydrogens is 294 g/mol. The fourth-order valence-electron chi connectivity index (χ4n) is 3.01. The van der Waals surface area contributed by atoms with Gasteiger partial charge in [0.15, 0.2) is 0 Å². The third-order valence-corrected chi connectivity index (χ3v) is 4.45. The predicted octanol–water partition coefficient (Wildman–Crippen LogP) is 3.13. The molecule has 0 spiro atoms. The molecule has 3 nitrogen and oxygen atoms in total. The van der Waals surface area contributed by atoms with E-state index in [1.165, 1.54) is 4.90 Å². The highest BCUT2D eigenvalue weighted by Gasteiger charge is 2.48. The molecule has 1 aliphatic carbocycles. The van der Waals surface area contributed by atoms with Crippen LogP contribution in [0.2, 0.25) is 0 Å². The average molecular weight is 308 g/mol. The number of hydrogen-bond donors (Lipinski definition) is 0. The Morgan fingerprint density at radius 2 is 1.44 bits per heavy atom. The molecule has 2 amide bonds. The average Bonchev–Trinajstić information content (AvgIpc) is 2.64. The van der Waals surface area contributed by atoms with Crippen LogP contribution < -0.4 is 4.90 Å². The summed E-state index contributed by atoms with van der Waals surface area (Å²) >= 11 is 3.36. The van der Waals surface area contributed by atoms with Gasteiger partial charge in [-0.15, -0.1) is 0 Å². The first-order valence-electron chi connectivity index (χ1n) is 6.32. The number of benzene rings is 1. The highest BCUT2D eigenvalue weighted by molar-refractivity contribution is 9.10. The molecular formula is C14H14BrNO2. The zero-order chi connectivity index (χ0) is 12.7. The van der Waals surface area contributed by atoms with E-state index in [0.717, 1.165) is 30.2 Å². The molecule has 1 aliphatic heterocycles. The minimum atomic E-state index is -0.0742. The van der Waals surface area contributed by atoms with Gasteiger partial charge in [-0.3, -0.25) is 14.5 Å². The number of anilines is 1. The van der Waals surface area contributed by atoms with Crippen LogP contribution in [0.3, 0.4) is 0 Å². The summed E-state index contributed by atoms with van der Waals surface area (Å²) in [7, 11) is 0. The van der Waals surface area contributed by atoms with Crippen molar-refractivity contribution in [2.45, 2.75) is 25.7 Å². The van der Waals surface area contributed by atoms with Gasteiger partial charge in [0, 0.05) is 4.47 Å². The maximum atomic E-state index is 12.3. The Kier molecular flexibility index (Phi) is 2.98.